The second-order valence-electron chi connectivity index (χ2n) is 2.17. The first-order valence-corrected chi connectivity index (χ1v) is 5.78. The molecule has 0 aliphatic heterocycles. The van der Waals surface area contributed by atoms with Gasteiger partial charge in [0.1, 0.15) is 0 Å². The number of hydrogen-bond acceptors (Lipinski definition) is 6. The molecule has 1 N–H and O–H groups in total. The summed E-state index contributed by atoms with van der Waals surface area (Å²) in [6.45, 7) is 2.69. The van der Waals surface area contributed by atoms with Gasteiger partial charge in [-0.2, -0.15) is 0 Å². The molecular formula is C6H9N3OS3. The Bertz CT molecular complexity index is 288. The van der Waals surface area contributed by atoms with Crippen molar-refractivity contribution in [2.75, 3.05) is 6.54 Å². The average molecular weight is 235 g/mol. The topological polar surface area (TPSA) is 54.9 Å². The number of rotatable bonds is 3. The molecule has 0 bridgehead atoms. The molecule has 0 radical (unpaired) electrons. The van der Waals surface area contributed by atoms with E-state index in [0.717, 1.165) is 18.2 Å². The van der Waals surface area contributed by atoms with E-state index in [-0.39, 0.29) is 5.24 Å². The fraction of sp³-hybridized carbons (Fsp3) is 0.500. The summed E-state index contributed by atoms with van der Waals surface area (Å²) in [7, 11) is 0. The van der Waals surface area contributed by atoms with Gasteiger partial charge in [0.15, 0.2) is 8.68 Å². The third-order valence-electron chi connectivity index (χ3n) is 1.10. The van der Waals surface area contributed by atoms with E-state index in [1.807, 2.05) is 6.92 Å². The fourth-order valence-corrected chi connectivity index (χ4v) is 2.44. The van der Waals surface area contributed by atoms with E-state index in [9.17, 15) is 4.79 Å². The van der Waals surface area contributed by atoms with Crippen LogP contribution in [-0.2, 0) is 0 Å². The van der Waals surface area contributed by atoms with Gasteiger partial charge >= 0.3 is 0 Å². The van der Waals surface area contributed by atoms with E-state index >= 15 is 0 Å². The number of amides is 1. The zero-order valence-electron chi connectivity index (χ0n) is 6.98. The van der Waals surface area contributed by atoms with Crippen molar-refractivity contribution in [2.45, 2.75) is 22.0 Å². The smallest absolute Gasteiger partial charge is 0.286 e. The Hall–Kier alpha value is -0.270. The van der Waals surface area contributed by atoms with Gasteiger partial charge in [-0.05, 0) is 6.42 Å². The summed E-state index contributed by atoms with van der Waals surface area (Å²) >= 11 is 6.34. The van der Waals surface area contributed by atoms with Gasteiger partial charge < -0.3 is 5.32 Å². The standard InChI is InChI=1S/C6H9N3OS3/c1-2-3-7-4(10)12-6-9-8-5(11)13-6/h2-3H2,1H3,(H,7,10)(H,8,11). The normalized spacial score (nSPS) is 10.0. The van der Waals surface area contributed by atoms with Gasteiger partial charge in [0.25, 0.3) is 5.24 Å². The fourth-order valence-electron chi connectivity index (χ4n) is 0.586. The maximum Gasteiger partial charge on any atom is 0.286 e. The van der Waals surface area contributed by atoms with Gasteiger partial charge in [-0.25, -0.2) is 0 Å². The molecule has 7 heteroatoms. The molecular weight excluding hydrogens is 226 g/mol. The SMILES string of the molecule is CCCNC(=O)Sc1nnc(S)s1. The Morgan fingerprint density at radius 3 is 3.00 bits per heavy atom. The monoisotopic (exact) mass is 235 g/mol. The van der Waals surface area contributed by atoms with E-state index in [1.54, 1.807) is 0 Å². The highest BCUT2D eigenvalue weighted by atomic mass is 32.2. The molecule has 13 heavy (non-hydrogen) atoms. The predicted molar refractivity (Wildman–Crippen MR) is 56.7 cm³/mol. The van der Waals surface area contributed by atoms with Crippen molar-refractivity contribution in [1.82, 2.24) is 15.5 Å². The highest BCUT2D eigenvalue weighted by Crippen LogP contribution is 2.24. The van der Waals surface area contributed by atoms with Crippen LogP contribution in [0.2, 0.25) is 0 Å². The molecule has 0 saturated carbocycles. The number of hydrogen-bond donors (Lipinski definition) is 2. The molecule has 0 fully saturated rings. The van der Waals surface area contributed by atoms with E-state index in [1.165, 1.54) is 11.3 Å². The van der Waals surface area contributed by atoms with Crippen LogP contribution in [0.1, 0.15) is 13.3 Å². The zero-order valence-corrected chi connectivity index (χ0v) is 9.51. The number of nitrogens with one attached hydrogen (secondary N) is 1. The number of thiol groups is 1. The minimum Gasteiger partial charge on any atom is -0.347 e. The van der Waals surface area contributed by atoms with Crippen LogP contribution in [0.3, 0.4) is 0 Å². The Balaban J connectivity index is 2.36. The summed E-state index contributed by atoms with van der Waals surface area (Å²) in [6.07, 6.45) is 0.931. The first-order chi connectivity index (χ1) is 6.22. The number of carbonyl (C=O) groups is 1. The summed E-state index contributed by atoms with van der Waals surface area (Å²) in [6, 6.07) is 0. The number of thioether (sulfide) groups is 1. The minimum atomic E-state index is -0.0914. The van der Waals surface area contributed by atoms with Crippen LogP contribution in [0.25, 0.3) is 0 Å². The van der Waals surface area contributed by atoms with Crippen molar-refractivity contribution in [1.29, 1.82) is 0 Å². The Kier molecular flexibility index (Phi) is 4.54. The average Bonchev–Trinajstić information content (AvgIpc) is 2.48. The Morgan fingerprint density at radius 1 is 1.69 bits per heavy atom. The summed E-state index contributed by atoms with van der Waals surface area (Å²) in [4.78, 5) is 11.1. The van der Waals surface area contributed by atoms with E-state index < -0.39 is 0 Å². The van der Waals surface area contributed by atoms with Crippen LogP contribution in [0.5, 0.6) is 0 Å². The largest absolute Gasteiger partial charge is 0.347 e. The zero-order chi connectivity index (χ0) is 9.68. The number of carbonyl (C=O) groups excluding carboxylic acids is 1. The van der Waals surface area contributed by atoms with Gasteiger partial charge in [0.2, 0.25) is 0 Å². The highest BCUT2D eigenvalue weighted by Gasteiger charge is 2.07. The van der Waals surface area contributed by atoms with Crippen LogP contribution in [0.4, 0.5) is 4.79 Å². The minimum absolute atomic E-state index is 0.0914. The second kappa shape index (κ2) is 5.46. The third kappa shape index (κ3) is 3.97. The second-order valence-corrected chi connectivity index (χ2v) is 5.09. The van der Waals surface area contributed by atoms with Crippen molar-refractivity contribution < 1.29 is 4.79 Å². The summed E-state index contributed by atoms with van der Waals surface area (Å²) < 4.78 is 1.20. The van der Waals surface area contributed by atoms with Crippen molar-refractivity contribution in [3.05, 3.63) is 0 Å². The lowest BCUT2D eigenvalue weighted by molar-refractivity contribution is 0.260. The molecule has 0 unspecified atom stereocenters. The van der Waals surface area contributed by atoms with Crippen molar-refractivity contribution >= 4 is 41.0 Å². The summed E-state index contributed by atoms with van der Waals surface area (Å²) in [5.41, 5.74) is 0. The third-order valence-corrected chi connectivity index (χ3v) is 3.06. The molecule has 4 nitrogen and oxygen atoms in total. The van der Waals surface area contributed by atoms with Crippen molar-refractivity contribution in [3.8, 4) is 0 Å². The number of aromatic nitrogens is 2. The molecule has 1 heterocycles. The van der Waals surface area contributed by atoms with Crippen molar-refractivity contribution in [3.63, 3.8) is 0 Å². The molecule has 72 valence electrons. The quantitative estimate of drug-likeness (QED) is 0.622. The molecule has 1 aromatic rings. The maximum absolute atomic E-state index is 11.1. The molecule has 0 aliphatic carbocycles. The van der Waals surface area contributed by atoms with Gasteiger partial charge in [-0.1, -0.05) is 18.3 Å². The first kappa shape index (κ1) is 10.8. The van der Waals surface area contributed by atoms with E-state index in [2.05, 4.69) is 28.1 Å². The van der Waals surface area contributed by atoms with Crippen LogP contribution in [0.15, 0.2) is 8.68 Å². The lowest BCUT2D eigenvalue weighted by atomic mass is 10.5. The van der Waals surface area contributed by atoms with Crippen molar-refractivity contribution in [2.24, 2.45) is 0 Å². The van der Waals surface area contributed by atoms with Gasteiger partial charge in [0, 0.05) is 18.3 Å². The lowest BCUT2D eigenvalue weighted by Crippen LogP contribution is -2.18. The highest BCUT2D eigenvalue weighted by molar-refractivity contribution is 8.14. The van der Waals surface area contributed by atoms with Crippen LogP contribution in [-0.4, -0.2) is 22.0 Å². The molecule has 1 amide bonds. The van der Waals surface area contributed by atoms with Crippen LogP contribution in [0, 0.1) is 0 Å². The molecule has 0 saturated heterocycles. The molecule has 1 aromatic heterocycles. The molecule has 0 atom stereocenters. The van der Waals surface area contributed by atoms with Crippen LogP contribution < -0.4 is 5.32 Å². The summed E-state index contributed by atoms with van der Waals surface area (Å²) in [5.74, 6) is 0. The Labute approximate surface area is 89.9 Å². The van der Waals surface area contributed by atoms with Crippen LogP contribution >= 0.6 is 35.7 Å². The molecule has 0 aliphatic rings. The molecule has 0 spiro atoms. The lowest BCUT2D eigenvalue weighted by Gasteiger charge is -1.98. The molecule has 0 aromatic carbocycles. The predicted octanol–water partition coefficient (Wildman–Crippen LogP) is 2.04. The maximum atomic E-state index is 11.1. The Morgan fingerprint density at radius 2 is 2.46 bits per heavy atom. The molecule has 1 rings (SSSR count). The van der Waals surface area contributed by atoms with E-state index in [4.69, 9.17) is 0 Å². The van der Waals surface area contributed by atoms with Gasteiger partial charge in [-0.3, -0.25) is 4.79 Å². The summed E-state index contributed by atoms with van der Waals surface area (Å²) in [5, 5.41) is 10.1. The number of nitrogens with zero attached hydrogens (tertiary/aromatic N) is 2. The van der Waals surface area contributed by atoms with Gasteiger partial charge in [-0.15, -0.1) is 22.8 Å². The van der Waals surface area contributed by atoms with E-state index in [0.29, 0.717) is 15.2 Å². The first-order valence-electron chi connectivity index (χ1n) is 3.70. The van der Waals surface area contributed by atoms with Gasteiger partial charge in [0.05, 0.1) is 0 Å².